The van der Waals surface area contributed by atoms with Gasteiger partial charge in [0.1, 0.15) is 11.9 Å². The summed E-state index contributed by atoms with van der Waals surface area (Å²) in [6.45, 7) is 3.45. The van der Waals surface area contributed by atoms with Gasteiger partial charge in [-0.05, 0) is 29.7 Å². The molecule has 1 aliphatic carbocycles. The summed E-state index contributed by atoms with van der Waals surface area (Å²) in [4.78, 5) is 12.3. The van der Waals surface area contributed by atoms with Gasteiger partial charge in [-0.3, -0.25) is 4.79 Å². The lowest BCUT2D eigenvalue weighted by molar-refractivity contribution is -0.234. The molecule has 6 nitrogen and oxygen atoms in total. The fourth-order valence-corrected chi connectivity index (χ4v) is 6.81. The largest absolute Gasteiger partial charge is 0.614 e. The summed E-state index contributed by atoms with van der Waals surface area (Å²) in [6.07, 6.45) is -0.361. The highest BCUT2D eigenvalue weighted by Crippen LogP contribution is 2.69. The molecule has 3 fully saturated rings. The molecule has 4 aliphatic rings. The molecule has 0 saturated carbocycles. The lowest BCUT2D eigenvalue weighted by Crippen LogP contribution is -2.70. The smallest absolute Gasteiger partial charge is 0.248 e. The number of aliphatic hydroxyl groups is 2. The molecule has 2 bridgehead atoms. The van der Waals surface area contributed by atoms with Crippen molar-refractivity contribution in [2.24, 2.45) is 10.8 Å². The van der Waals surface area contributed by atoms with Crippen LogP contribution in [0.15, 0.2) is 11.6 Å². The zero-order valence-electron chi connectivity index (χ0n) is 11.9. The fourth-order valence-electron chi connectivity index (χ4n) is 4.51. The van der Waals surface area contributed by atoms with Crippen molar-refractivity contribution in [3.8, 4) is 0 Å². The summed E-state index contributed by atoms with van der Waals surface area (Å²) >= 11 is -1.27. The molecule has 0 radical (unpaired) electrons. The molecule has 4 rings (SSSR count). The Bertz CT molecular complexity index is 558. The van der Waals surface area contributed by atoms with Crippen molar-refractivity contribution in [1.29, 1.82) is 0 Å². The van der Waals surface area contributed by atoms with Crippen LogP contribution in [-0.2, 0) is 25.4 Å². The Morgan fingerprint density at radius 1 is 1.57 bits per heavy atom. The SMILES string of the molecule is CC1=C[C@H]2O[C@@H]3[S+]([O-])C[C@](C)([C@@]2(CO)[C@H](O)C1=O)[C@]31CO1. The standard InChI is InChI=1S/C14H18O6S/c1-7-3-8-13(4-15,10(17)9(7)16)12(2)6-21(18)11(20-8)14(12)5-19-14/h3,8,10-11,15,17H,4-6H2,1-2H3/t8-,10-,11-,12-,13-,14+,21?/m1/s1. The minimum Gasteiger partial charge on any atom is -0.614 e. The summed E-state index contributed by atoms with van der Waals surface area (Å²) < 4.78 is 24.0. The van der Waals surface area contributed by atoms with Gasteiger partial charge in [0, 0.05) is 0 Å². The minimum absolute atomic E-state index is 0.256. The number of fused-ring (bicyclic) bond motifs is 2. The van der Waals surface area contributed by atoms with E-state index in [9.17, 15) is 19.6 Å². The Balaban J connectivity index is 1.95. The highest BCUT2D eigenvalue weighted by molar-refractivity contribution is 7.92. The van der Waals surface area contributed by atoms with Gasteiger partial charge >= 0.3 is 0 Å². The van der Waals surface area contributed by atoms with Crippen molar-refractivity contribution >= 4 is 17.0 Å². The van der Waals surface area contributed by atoms with Crippen LogP contribution in [0.5, 0.6) is 0 Å². The Hall–Kier alpha value is -0.440. The summed E-state index contributed by atoms with van der Waals surface area (Å²) in [7, 11) is 0. The molecule has 7 heteroatoms. The van der Waals surface area contributed by atoms with Gasteiger partial charge in [0.2, 0.25) is 5.44 Å². The van der Waals surface area contributed by atoms with Crippen molar-refractivity contribution in [3.05, 3.63) is 11.6 Å². The van der Waals surface area contributed by atoms with Gasteiger partial charge < -0.3 is 24.2 Å². The Labute approximate surface area is 125 Å². The number of Topliss-reactive ketones (excluding diaryl/α,β-unsaturated/α-hetero) is 1. The molecular formula is C14H18O6S. The third kappa shape index (κ3) is 1.28. The number of hydrogen-bond donors (Lipinski definition) is 2. The predicted molar refractivity (Wildman–Crippen MR) is 72.8 cm³/mol. The second-order valence-corrected chi connectivity index (χ2v) is 8.22. The van der Waals surface area contributed by atoms with Crippen LogP contribution < -0.4 is 0 Å². The van der Waals surface area contributed by atoms with Crippen LogP contribution in [0.1, 0.15) is 13.8 Å². The lowest BCUT2D eigenvalue weighted by atomic mass is 9.51. The quantitative estimate of drug-likeness (QED) is 0.481. The monoisotopic (exact) mass is 314 g/mol. The minimum atomic E-state index is -1.38. The van der Waals surface area contributed by atoms with E-state index < -0.39 is 57.6 Å². The maximum Gasteiger partial charge on any atom is 0.248 e. The highest BCUT2D eigenvalue weighted by Gasteiger charge is 2.86. The zero-order chi connectivity index (χ0) is 15.2. The highest BCUT2D eigenvalue weighted by atomic mass is 32.2. The van der Waals surface area contributed by atoms with Crippen LogP contribution in [0.25, 0.3) is 0 Å². The van der Waals surface area contributed by atoms with Crippen LogP contribution in [0, 0.1) is 10.8 Å². The van der Waals surface area contributed by atoms with Crippen molar-refractivity contribution in [2.45, 2.75) is 37.1 Å². The zero-order valence-corrected chi connectivity index (χ0v) is 12.7. The molecule has 21 heavy (non-hydrogen) atoms. The van der Waals surface area contributed by atoms with Crippen molar-refractivity contribution in [2.75, 3.05) is 19.0 Å². The number of rotatable bonds is 1. The van der Waals surface area contributed by atoms with E-state index in [2.05, 4.69) is 0 Å². The van der Waals surface area contributed by atoms with E-state index in [0.29, 0.717) is 12.2 Å². The van der Waals surface area contributed by atoms with E-state index in [1.54, 1.807) is 13.0 Å². The number of carbonyl (C=O) groups excluding carboxylic acids is 1. The van der Waals surface area contributed by atoms with Gasteiger partial charge in [0.15, 0.2) is 11.4 Å². The molecule has 0 aromatic heterocycles. The Morgan fingerprint density at radius 2 is 2.24 bits per heavy atom. The first-order chi connectivity index (χ1) is 9.84. The molecule has 116 valence electrons. The van der Waals surface area contributed by atoms with Gasteiger partial charge in [-0.1, -0.05) is 6.92 Å². The first-order valence-corrected chi connectivity index (χ1v) is 8.40. The first kappa shape index (κ1) is 14.2. The van der Waals surface area contributed by atoms with Crippen LogP contribution >= 0.6 is 0 Å². The van der Waals surface area contributed by atoms with Crippen LogP contribution in [0.2, 0.25) is 0 Å². The molecule has 2 N–H and O–H groups in total. The normalized spacial score (nSPS) is 58.1. The second kappa shape index (κ2) is 3.90. The number of hydrogen-bond acceptors (Lipinski definition) is 6. The molecule has 0 amide bonds. The summed E-state index contributed by atoms with van der Waals surface area (Å²) in [5.41, 5.74) is -2.87. The molecule has 0 aromatic carbocycles. The maximum absolute atomic E-state index is 12.4. The Kier molecular flexibility index (Phi) is 2.63. The molecule has 3 saturated heterocycles. The van der Waals surface area contributed by atoms with Crippen molar-refractivity contribution < 1.29 is 29.0 Å². The van der Waals surface area contributed by atoms with Gasteiger partial charge in [-0.25, -0.2) is 0 Å². The summed E-state index contributed by atoms with van der Waals surface area (Å²) in [5, 5.41) is 20.7. The van der Waals surface area contributed by atoms with Gasteiger partial charge in [0.05, 0.1) is 30.1 Å². The van der Waals surface area contributed by atoms with E-state index in [1.807, 2.05) is 6.92 Å². The third-order valence-electron chi connectivity index (χ3n) is 6.03. The van der Waals surface area contributed by atoms with E-state index in [4.69, 9.17) is 9.47 Å². The van der Waals surface area contributed by atoms with Crippen molar-refractivity contribution in [3.63, 3.8) is 0 Å². The van der Waals surface area contributed by atoms with E-state index in [1.165, 1.54) is 0 Å². The van der Waals surface area contributed by atoms with E-state index in [0.717, 1.165) is 0 Å². The molecular weight excluding hydrogens is 296 g/mol. The molecule has 1 spiro atoms. The topological polar surface area (TPSA) is 102 Å². The summed E-state index contributed by atoms with van der Waals surface area (Å²) in [6, 6.07) is 0. The average molecular weight is 314 g/mol. The van der Waals surface area contributed by atoms with Gasteiger partial charge in [-0.15, -0.1) is 0 Å². The van der Waals surface area contributed by atoms with Crippen LogP contribution in [0.3, 0.4) is 0 Å². The number of ketones is 1. The maximum atomic E-state index is 12.4. The number of ether oxygens (including phenoxy) is 2. The predicted octanol–water partition coefficient (Wildman–Crippen LogP) is -0.882. The number of aliphatic hydroxyl groups excluding tert-OH is 2. The first-order valence-electron chi connectivity index (χ1n) is 7.02. The fraction of sp³-hybridized carbons (Fsp3) is 0.786. The molecule has 3 heterocycles. The average Bonchev–Trinajstić information content (AvgIpc) is 3.20. The molecule has 0 aromatic rings. The molecule has 7 atom stereocenters. The van der Waals surface area contributed by atoms with Gasteiger partial charge in [-0.2, -0.15) is 0 Å². The van der Waals surface area contributed by atoms with Crippen LogP contribution in [0.4, 0.5) is 0 Å². The Morgan fingerprint density at radius 3 is 2.81 bits per heavy atom. The van der Waals surface area contributed by atoms with Gasteiger partial charge in [0.25, 0.3) is 0 Å². The van der Waals surface area contributed by atoms with Crippen LogP contribution in [-0.4, -0.2) is 62.8 Å². The third-order valence-corrected chi connectivity index (χ3v) is 7.86. The molecule has 1 unspecified atom stereocenters. The molecule has 3 aliphatic heterocycles. The number of epoxide rings is 1. The van der Waals surface area contributed by atoms with E-state index >= 15 is 0 Å². The lowest BCUT2D eigenvalue weighted by Gasteiger charge is -2.55. The summed E-state index contributed by atoms with van der Waals surface area (Å²) in [5.74, 6) is -0.150. The number of carbonyl (C=O) groups is 1. The van der Waals surface area contributed by atoms with Crippen molar-refractivity contribution in [1.82, 2.24) is 0 Å². The van der Waals surface area contributed by atoms with E-state index in [-0.39, 0.29) is 5.75 Å². The second-order valence-electron chi connectivity index (χ2n) is 6.74.